The molecule has 0 bridgehead atoms. The molecule has 0 spiro atoms. The molecule has 0 atom stereocenters. The first-order valence-corrected chi connectivity index (χ1v) is 6.58. The summed E-state index contributed by atoms with van der Waals surface area (Å²) in [4.78, 5) is 4.05. The lowest BCUT2D eigenvalue weighted by Gasteiger charge is -2.20. The minimum atomic E-state index is 0.436. The number of ether oxygens (including phenoxy) is 1. The highest BCUT2D eigenvalue weighted by molar-refractivity contribution is 5.76. The lowest BCUT2D eigenvalue weighted by molar-refractivity contribution is 0.179. The lowest BCUT2D eigenvalue weighted by Crippen LogP contribution is -2.31. The summed E-state index contributed by atoms with van der Waals surface area (Å²) in [6, 6.07) is 4.22. The summed E-state index contributed by atoms with van der Waals surface area (Å²) in [5.74, 6) is 0. The van der Waals surface area contributed by atoms with Gasteiger partial charge in [-0.15, -0.1) is 10.2 Å². The molecular formula is C13H18N6O. The first-order chi connectivity index (χ1) is 9.83. The van der Waals surface area contributed by atoms with Crippen molar-refractivity contribution in [3.63, 3.8) is 0 Å². The van der Waals surface area contributed by atoms with Crippen LogP contribution in [0.3, 0.4) is 0 Å². The van der Waals surface area contributed by atoms with E-state index in [1.807, 2.05) is 38.0 Å². The van der Waals surface area contributed by atoms with Crippen LogP contribution in [0.4, 0.5) is 0 Å². The Balaban J connectivity index is 0.000000704. The first-order valence-electron chi connectivity index (χ1n) is 6.58. The topological polar surface area (TPSA) is 68.4 Å². The van der Waals surface area contributed by atoms with Crippen LogP contribution in [-0.4, -0.2) is 51.2 Å². The van der Waals surface area contributed by atoms with Crippen molar-refractivity contribution in [3.05, 3.63) is 30.7 Å². The van der Waals surface area contributed by atoms with Crippen molar-refractivity contribution in [2.45, 2.75) is 13.8 Å². The summed E-state index contributed by atoms with van der Waals surface area (Å²) in [6.07, 6.45) is 5.23. The van der Waals surface area contributed by atoms with Crippen LogP contribution in [0.2, 0.25) is 0 Å². The van der Waals surface area contributed by atoms with Gasteiger partial charge in [-0.25, -0.2) is 0 Å². The van der Waals surface area contributed by atoms with Gasteiger partial charge >= 0.3 is 6.02 Å². The number of nitrogens with zero attached hydrogens (tertiary/aromatic N) is 6. The normalized spacial score (nSPS) is 13.9. The highest BCUT2D eigenvalue weighted by Gasteiger charge is 2.14. The highest BCUT2D eigenvalue weighted by atomic mass is 16.5. The van der Waals surface area contributed by atoms with Crippen molar-refractivity contribution in [3.8, 4) is 11.3 Å². The monoisotopic (exact) mass is 274 g/mol. The number of rotatable bonds is 1. The van der Waals surface area contributed by atoms with Crippen molar-refractivity contribution < 1.29 is 4.74 Å². The van der Waals surface area contributed by atoms with Crippen LogP contribution >= 0.6 is 0 Å². The Bertz CT molecular complexity index is 565. The zero-order chi connectivity index (χ0) is 14.4. The smallest absolute Gasteiger partial charge is 0.336 e. The fraction of sp³-hybridized carbons (Fsp3) is 0.385. The summed E-state index contributed by atoms with van der Waals surface area (Å²) in [5, 5.41) is 14.1. The largest absolute Gasteiger partial charge is 0.460 e. The summed E-state index contributed by atoms with van der Waals surface area (Å²) in [6.45, 7) is 5.37. The SMILES string of the molecule is CC.CN1CCOC(n2cc(-c3cccnc3)nn2)=N1. The third-order valence-corrected chi connectivity index (χ3v) is 2.55. The van der Waals surface area contributed by atoms with Crippen molar-refractivity contribution in [2.24, 2.45) is 5.10 Å². The van der Waals surface area contributed by atoms with Crippen LogP contribution in [0.25, 0.3) is 11.3 Å². The number of hydrogen-bond acceptors (Lipinski definition) is 6. The Morgan fingerprint density at radius 1 is 1.30 bits per heavy atom. The molecule has 7 heteroatoms. The third-order valence-electron chi connectivity index (χ3n) is 2.55. The molecule has 7 nitrogen and oxygen atoms in total. The number of hydrogen-bond donors (Lipinski definition) is 0. The average molecular weight is 274 g/mol. The van der Waals surface area contributed by atoms with Gasteiger partial charge in [-0.2, -0.15) is 4.68 Å². The lowest BCUT2D eigenvalue weighted by atomic mass is 10.2. The van der Waals surface area contributed by atoms with Crippen LogP contribution in [-0.2, 0) is 4.74 Å². The van der Waals surface area contributed by atoms with Crippen LogP contribution in [0, 0.1) is 0 Å². The summed E-state index contributed by atoms with van der Waals surface area (Å²) < 4.78 is 6.96. The third kappa shape index (κ3) is 3.11. The molecule has 0 N–H and O–H groups in total. The quantitative estimate of drug-likeness (QED) is 0.787. The van der Waals surface area contributed by atoms with Crippen LogP contribution in [0.1, 0.15) is 13.8 Å². The van der Waals surface area contributed by atoms with Gasteiger partial charge in [0.25, 0.3) is 0 Å². The summed E-state index contributed by atoms with van der Waals surface area (Å²) in [5.41, 5.74) is 1.65. The van der Waals surface area contributed by atoms with Crippen molar-refractivity contribution >= 4 is 6.02 Å². The van der Waals surface area contributed by atoms with E-state index >= 15 is 0 Å². The number of aromatic nitrogens is 4. The molecule has 0 aromatic carbocycles. The summed E-state index contributed by atoms with van der Waals surface area (Å²) in [7, 11) is 1.89. The van der Waals surface area contributed by atoms with E-state index in [1.165, 1.54) is 4.68 Å². The van der Waals surface area contributed by atoms with Crippen molar-refractivity contribution in [1.29, 1.82) is 0 Å². The Morgan fingerprint density at radius 2 is 2.15 bits per heavy atom. The molecule has 0 fully saturated rings. The zero-order valence-corrected chi connectivity index (χ0v) is 11.9. The predicted molar refractivity (Wildman–Crippen MR) is 76.0 cm³/mol. The number of hydrazone groups is 1. The van der Waals surface area contributed by atoms with Crippen molar-refractivity contribution in [2.75, 3.05) is 20.2 Å². The van der Waals surface area contributed by atoms with E-state index in [9.17, 15) is 0 Å². The molecular weight excluding hydrogens is 256 g/mol. The van der Waals surface area contributed by atoms with Gasteiger partial charge in [-0.05, 0) is 12.1 Å². The van der Waals surface area contributed by atoms with E-state index in [0.29, 0.717) is 12.6 Å². The molecule has 0 unspecified atom stereocenters. The molecule has 0 radical (unpaired) electrons. The molecule has 106 valence electrons. The van der Waals surface area contributed by atoms with Gasteiger partial charge in [-0.3, -0.25) is 9.99 Å². The standard InChI is InChI=1S/C11H12N6O.C2H6/c1-16-5-6-18-11(14-16)17-8-10(13-15-17)9-3-2-4-12-7-9;1-2/h2-4,7-8H,5-6H2,1H3;1-2H3. The molecule has 0 aliphatic carbocycles. The maximum Gasteiger partial charge on any atom is 0.336 e. The van der Waals surface area contributed by atoms with Gasteiger partial charge in [0.2, 0.25) is 0 Å². The van der Waals surface area contributed by atoms with Gasteiger partial charge in [0, 0.05) is 25.0 Å². The zero-order valence-electron chi connectivity index (χ0n) is 11.9. The first kappa shape index (κ1) is 14.0. The maximum absolute atomic E-state index is 5.44. The Hall–Kier alpha value is -2.44. The van der Waals surface area contributed by atoms with Crippen LogP contribution < -0.4 is 0 Å². The van der Waals surface area contributed by atoms with Gasteiger partial charge in [0.05, 0.1) is 12.7 Å². The maximum atomic E-state index is 5.44. The Kier molecular flexibility index (Phi) is 4.65. The Morgan fingerprint density at radius 3 is 2.85 bits per heavy atom. The van der Waals surface area contributed by atoms with Gasteiger partial charge in [-0.1, -0.05) is 19.1 Å². The van der Waals surface area contributed by atoms with E-state index < -0.39 is 0 Å². The molecule has 0 saturated carbocycles. The van der Waals surface area contributed by atoms with E-state index in [4.69, 9.17) is 4.74 Å². The van der Waals surface area contributed by atoms with Gasteiger partial charge < -0.3 is 4.74 Å². The minimum Gasteiger partial charge on any atom is -0.460 e. The Labute approximate surface area is 117 Å². The molecule has 3 rings (SSSR count). The highest BCUT2D eigenvalue weighted by Crippen LogP contribution is 2.14. The molecule has 2 aromatic heterocycles. The fourth-order valence-corrected chi connectivity index (χ4v) is 1.61. The second kappa shape index (κ2) is 6.65. The predicted octanol–water partition coefficient (Wildman–Crippen LogP) is 1.45. The second-order valence-electron chi connectivity index (χ2n) is 3.90. The van der Waals surface area contributed by atoms with Crippen LogP contribution in [0.15, 0.2) is 35.8 Å². The molecule has 3 heterocycles. The van der Waals surface area contributed by atoms with Gasteiger partial charge in [0.15, 0.2) is 0 Å². The molecule has 1 aliphatic heterocycles. The second-order valence-corrected chi connectivity index (χ2v) is 3.90. The molecule has 2 aromatic rings. The van der Waals surface area contributed by atoms with E-state index in [1.54, 1.807) is 18.6 Å². The minimum absolute atomic E-state index is 0.436. The molecule has 20 heavy (non-hydrogen) atoms. The van der Waals surface area contributed by atoms with Crippen molar-refractivity contribution in [1.82, 2.24) is 25.0 Å². The molecule has 1 aliphatic rings. The summed E-state index contributed by atoms with van der Waals surface area (Å²) >= 11 is 0. The molecule has 0 amide bonds. The van der Waals surface area contributed by atoms with Gasteiger partial charge in [0.1, 0.15) is 12.3 Å². The number of pyridine rings is 1. The number of likely N-dealkylation sites (N-methyl/N-ethyl adjacent to an activating group) is 1. The average Bonchev–Trinajstić information content (AvgIpc) is 3.00. The van der Waals surface area contributed by atoms with Crippen LogP contribution in [0.5, 0.6) is 0 Å². The van der Waals surface area contributed by atoms with E-state index in [-0.39, 0.29) is 0 Å². The fourth-order valence-electron chi connectivity index (χ4n) is 1.61. The van der Waals surface area contributed by atoms with E-state index in [2.05, 4.69) is 20.4 Å². The molecule has 0 saturated heterocycles. The van der Waals surface area contributed by atoms with E-state index in [0.717, 1.165) is 17.8 Å².